The number of hydrogen-bond acceptors (Lipinski definition) is 4. The number of para-hydroxylation sites is 1. The van der Waals surface area contributed by atoms with Gasteiger partial charge in [0.25, 0.3) is 0 Å². The lowest BCUT2D eigenvalue weighted by Gasteiger charge is -2.10. The highest BCUT2D eigenvalue weighted by Crippen LogP contribution is 2.13. The number of phenolic OH excluding ortho intramolecular Hbond substituents is 1. The summed E-state index contributed by atoms with van der Waals surface area (Å²) in [7, 11) is 0. The monoisotopic (exact) mass is 289 g/mol. The van der Waals surface area contributed by atoms with E-state index in [2.05, 4.69) is 4.99 Å². The van der Waals surface area contributed by atoms with Crippen LogP contribution in [0.4, 0.5) is 4.39 Å². The van der Waals surface area contributed by atoms with Gasteiger partial charge in [-0.25, -0.2) is 4.39 Å². The summed E-state index contributed by atoms with van der Waals surface area (Å²) in [4.78, 5) is 4.05. The van der Waals surface area contributed by atoms with Gasteiger partial charge in [-0.3, -0.25) is 4.99 Å². The van der Waals surface area contributed by atoms with E-state index in [-0.39, 0.29) is 24.7 Å². The van der Waals surface area contributed by atoms with Crippen LogP contribution in [0.25, 0.3) is 0 Å². The number of phenols is 1. The Balaban J connectivity index is 1.78. The first-order valence-corrected chi connectivity index (χ1v) is 6.49. The summed E-state index contributed by atoms with van der Waals surface area (Å²) in [5, 5.41) is 19.3. The highest BCUT2D eigenvalue weighted by Gasteiger charge is 2.04. The molecule has 0 spiro atoms. The maximum atomic E-state index is 12.7. The number of aliphatic hydroxyl groups is 1. The second kappa shape index (κ2) is 7.40. The number of ether oxygens (including phenoxy) is 1. The third-order valence-electron chi connectivity index (χ3n) is 2.74. The normalized spacial score (nSPS) is 12.5. The predicted octanol–water partition coefficient (Wildman–Crippen LogP) is 2.39. The Kier molecular flexibility index (Phi) is 5.29. The zero-order valence-electron chi connectivity index (χ0n) is 11.3. The summed E-state index contributed by atoms with van der Waals surface area (Å²) >= 11 is 0. The van der Waals surface area contributed by atoms with Crippen molar-refractivity contribution in [2.24, 2.45) is 4.99 Å². The molecule has 2 rings (SSSR count). The summed E-state index contributed by atoms with van der Waals surface area (Å²) in [5.74, 6) is 0.286. The summed E-state index contributed by atoms with van der Waals surface area (Å²) in [6, 6.07) is 12.4. The fourth-order valence-corrected chi connectivity index (χ4v) is 1.65. The lowest BCUT2D eigenvalue weighted by Crippen LogP contribution is -2.20. The summed E-state index contributed by atoms with van der Waals surface area (Å²) in [6.45, 7) is 0.208. The van der Waals surface area contributed by atoms with E-state index in [1.54, 1.807) is 24.3 Å². The molecule has 0 aliphatic heterocycles. The fourth-order valence-electron chi connectivity index (χ4n) is 1.65. The van der Waals surface area contributed by atoms with Crippen LogP contribution in [0.1, 0.15) is 5.56 Å². The molecule has 0 aliphatic carbocycles. The topological polar surface area (TPSA) is 62.1 Å². The number of aliphatic imine (C=N–C) groups is 1. The van der Waals surface area contributed by atoms with Crippen molar-refractivity contribution in [3.05, 3.63) is 59.9 Å². The molecule has 2 N–H and O–H groups in total. The van der Waals surface area contributed by atoms with Gasteiger partial charge in [-0.15, -0.1) is 0 Å². The van der Waals surface area contributed by atoms with Crippen LogP contribution >= 0.6 is 0 Å². The Morgan fingerprint density at radius 3 is 2.57 bits per heavy atom. The Bertz CT molecular complexity index is 599. The number of hydrogen-bond donors (Lipinski definition) is 2. The van der Waals surface area contributed by atoms with Crippen molar-refractivity contribution < 1.29 is 19.3 Å². The molecule has 0 saturated heterocycles. The molecule has 0 fully saturated rings. The number of benzene rings is 2. The summed E-state index contributed by atoms with van der Waals surface area (Å²) in [6.07, 6.45) is 0.716. The minimum absolute atomic E-state index is 0.0593. The Hall–Kier alpha value is -2.40. The molecular formula is C16H16FNO3. The van der Waals surface area contributed by atoms with Gasteiger partial charge >= 0.3 is 0 Å². The average molecular weight is 289 g/mol. The largest absolute Gasteiger partial charge is 0.507 e. The van der Waals surface area contributed by atoms with E-state index < -0.39 is 6.10 Å². The SMILES string of the molecule is Oc1ccccc1C=NCC(O)COc1ccc(F)cc1. The van der Waals surface area contributed by atoms with E-state index in [0.717, 1.165) is 0 Å². The molecule has 0 bridgehead atoms. The molecule has 110 valence electrons. The van der Waals surface area contributed by atoms with Crippen LogP contribution in [0, 0.1) is 5.82 Å². The van der Waals surface area contributed by atoms with Crippen LogP contribution in [0.15, 0.2) is 53.5 Å². The van der Waals surface area contributed by atoms with E-state index in [0.29, 0.717) is 11.3 Å². The van der Waals surface area contributed by atoms with Crippen LogP contribution in [-0.4, -0.2) is 35.7 Å². The number of halogens is 1. The first-order valence-electron chi connectivity index (χ1n) is 6.49. The maximum Gasteiger partial charge on any atom is 0.124 e. The molecule has 5 heteroatoms. The van der Waals surface area contributed by atoms with Gasteiger partial charge < -0.3 is 14.9 Å². The second-order valence-electron chi connectivity index (χ2n) is 4.47. The molecule has 0 amide bonds. The Labute approximate surface area is 122 Å². The Morgan fingerprint density at radius 2 is 1.86 bits per heavy atom. The first kappa shape index (κ1) is 15.0. The average Bonchev–Trinajstić information content (AvgIpc) is 2.49. The van der Waals surface area contributed by atoms with Gasteiger partial charge in [-0.05, 0) is 36.4 Å². The van der Waals surface area contributed by atoms with Crippen LogP contribution < -0.4 is 4.74 Å². The zero-order chi connectivity index (χ0) is 15.1. The van der Waals surface area contributed by atoms with Crippen molar-refractivity contribution in [1.82, 2.24) is 0 Å². The highest BCUT2D eigenvalue weighted by molar-refractivity contribution is 5.83. The molecule has 2 aromatic carbocycles. The third-order valence-corrected chi connectivity index (χ3v) is 2.74. The molecule has 0 aromatic heterocycles. The highest BCUT2D eigenvalue weighted by atomic mass is 19.1. The summed E-state index contributed by atoms with van der Waals surface area (Å²) < 4.78 is 18.0. The van der Waals surface area contributed by atoms with Gasteiger partial charge in [0.15, 0.2) is 0 Å². The first-order chi connectivity index (χ1) is 10.1. The van der Waals surface area contributed by atoms with E-state index >= 15 is 0 Å². The quantitative estimate of drug-likeness (QED) is 0.803. The predicted molar refractivity (Wildman–Crippen MR) is 78.5 cm³/mol. The van der Waals surface area contributed by atoms with Crippen molar-refractivity contribution in [1.29, 1.82) is 0 Å². The van der Waals surface area contributed by atoms with E-state index in [4.69, 9.17) is 4.74 Å². The van der Waals surface area contributed by atoms with Crippen molar-refractivity contribution >= 4 is 6.21 Å². The maximum absolute atomic E-state index is 12.7. The second-order valence-corrected chi connectivity index (χ2v) is 4.47. The third kappa shape index (κ3) is 4.89. The Morgan fingerprint density at radius 1 is 1.14 bits per heavy atom. The van der Waals surface area contributed by atoms with Gasteiger partial charge in [0.05, 0.1) is 6.54 Å². The molecule has 0 aliphatic rings. The van der Waals surface area contributed by atoms with E-state index in [9.17, 15) is 14.6 Å². The molecule has 1 unspecified atom stereocenters. The van der Waals surface area contributed by atoms with Gasteiger partial charge in [-0.2, -0.15) is 0 Å². The van der Waals surface area contributed by atoms with Crippen molar-refractivity contribution in [3.63, 3.8) is 0 Å². The molecule has 21 heavy (non-hydrogen) atoms. The van der Waals surface area contributed by atoms with Gasteiger partial charge in [0.2, 0.25) is 0 Å². The molecule has 0 saturated carbocycles. The fraction of sp³-hybridized carbons (Fsp3) is 0.188. The van der Waals surface area contributed by atoms with Crippen LogP contribution in [0.5, 0.6) is 11.5 Å². The van der Waals surface area contributed by atoms with Crippen molar-refractivity contribution in [2.75, 3.05) is 13.2 Å². The van der Waals surface area contributed by atoms with Gasteiger partial charge in [0.1, 0.15) is 30.0 Å². The lowest BCUT2D eigenvalue weighted by atomic mass is 10.2. The molecule has 4 nitrogen and oxygen atoms in total. The van der Waals surface area contributed by atoms with Gasteiger partial charge in [-0.1, -0.05) is 12.1 Å². The van der Waals surface area contributed by atoms with Crippen molar-refractivity contribution in [2.45, 2.75) is 6.10 Å². The minimum Gasteiger partial charge on any atom is -0.507 e. The van der Waals surface area contributed by atoms with E-state index in [1.165, 1.54) is 30.5 Å². The van der Waals surface area contributed by atoms with E-state index in [1.807, 2.05) is 0 Å². The van der Waals surface area contributed by atoms with Crippen LogP contribution in [-0.2, 0) is 0 Å². The number of aromatic hydroxyl groups is 1. The number of rotatable bonds is 6. The molecule has 2 aromatic rings. The smallest absolute Gasteiger partial charge is 0.124 e. The molecule has 1 atom stereocenters. The lowest BCUT2D eigenvalue weighted by molar-refractivity contribution is 0.114. The zero-order valence-corrected chi connectivity index (χ0v) is 11.3. The van der Waals surface area contributed by atoms with Crippen molar-refractivity contribution in [3.8, 4) is 11.5 Å². The molecule has 0 radical (unpaired) electrons. The molecule has 0 heterocycles. The molecular weight excluding hydrogens is 273 g/mol. The number of nitrogens with zero attached hydrogens (tertiary/aromatic N) is 1. The van der Waals surface area contributed by atoms with Crippen LogP contribution in [0.3, 0.4) is 0 Å². The number of aliphatic hydroxyl groups excluding tert-OH is 1. The summed E-state index contributed by atoms with van der Waals surface area (Å²) in [5.41, 5.74) is 0.587. The van der Waals surface area contributed by atoms with Gasteiger partial charge in [0, 0.05) is 11.8 Å². The van der Waals surface area contributed by atoms with Crippen LogP contribution in [0.2, 0.25) is 0 Å². The standard InChI is InChI=1S/C16H16FNO3/c17-13-5-7-15(8-6-13)21-11-14(19)10-18-9-12-3-1-2-4-16(12)20/h1-9,14,19-20H,10-11H2. The minimum atomic E-state index is -0.780.